The van der Waals surface area contributed by atoms with Crippen molar-refractivity contribution in [1.29, 1.82) is 0 Å². The van der Waals surface area contributed by atoms with Crippen LogP contribution < -0.4 is 15.4 Å². The Morgan fingerprint density at radius 2 is 2.04 bits per heavy atom. The molecule has 2 aromatic rings. The van der Waals surface area contributed by atoms with Gasteiger partial charge >= 0.3 is 6.03 Å². The van der Waals surface area contributed by atoms with E-state index in [1.807, 2.05) is 19.2 Å². The molecule has 0 aliphatic carbocycles. The maximum absolute atomic E-state index is 13.6. The smallest absolute Gasteiger partial charge is 0.320 e. The van der Waals surface area contributed by atoms with Crippen LogP contribution >= 0.6 is 11.3 Å². The molecular formula is C15H17F2N3O2S. The molecule has 1 aromatic carbocycles. The number of hydrogen-bond acceptors (Lipinski definition) is 4. The molecule has 2 rings (SSSR count). The third kappa shape index (κ3) is 3.76. The summed E-state index contributed by atoms with van der Waals surface area (Å²) >= 11 is 1.42. The van der Waals surface area contributed by atoms with Gasteiger partial charge in [0, 0.05) is 29.4 Å². The predicted octanol–water partition coefficient (Wildman–Crippen LogP) is 3.88. The Bertz CT molecular complexity index is 671. The highest BCUT2D eigenvalue weighted by Gasteiger charge is 2.29. The number of carbonyl (C=O) groups is 1. The lowest BCUT2D eigenvalue weighted by Gasteiger charge is -2.27. The molecule has 124 valence electrons. The molecule has 2 amide bonds. The number of hydrogen-bond donors (Lipinski definition) is 2. The summed E-state index contributed by atoms with van der Waals surface area (Å²) in [6.45, 7) is 3.75. The fourth-order valence-electron chi connectivity index (χ4n) is 2.03. The van der Waals surface area contributed by atoms with Crippen LogP contribution in [0, 0.1) is 11.6 Å². The molecule has 1 heterocycles. The second kappa shape index (κ2) is 6.91. The Morgan fingerprint density at radius 3 is 2.52 bits per heavy atom. The number of nitrogens with zero attached hydrogens (tertiary/aromatic N) is 1. The zero-order valence-electron chi connectivity index (χ0n) is 12.9. The fourth-order valence-corrected chi connectivity index (χ4v) is 2.86. The van der Waals surface area contributed by atoms with Crippen LogP contribution in [0.1, 0.15) is 25.3 Å². The second-order valence-corrected chi connectivity index (χ2v) is 5.97. The molecule has 0 unspecified atom stereocenters. The van der Waals surface area contributed by atoms with E-state index in [1.54, 1.807) is 6.20 Å². The van der Waals surface area contributed by atoms with Gasteiger partial charge in [0.2, 0.25) is 0 Å². The van der Waals surface area contributed by atoms with Crippen LogP contribution in [0.5, 0.6) is 5.75 Å². The third-order valence-corrected chi connectivity index (χ3v) is 4.50. The average molecular weight is 341 g/mol. The number of urea groups is 1. The summed E-state index contributed by atoms with van der Waals surface area (Å²) in [6.07, 6.45) is 2.26. The van der Waals surface area contributed by atoms with E-state index in [4.69, 9.17) is 0 Å². The number of methoxy groups -OCH3 is 1. The lowest BCUT2D eigenvalue weighted by atomic mass is 10.0. The van der Waals surface area contributed by atoms with Crippen molar-refractivity contribution in [2.45, 2.75) is 25.8 Å². The van der Waals surface area contributed by atoms with E-state index < -0.39 is 29.0 Å². The summed E-state index contributed by atoms with van der Waals surface area (Å²) in [4.78, 5) is 16.3. The Balaban J connectivity index is 2.13. The number of benzene rings is 1. The molecule has 0 fully saturated rings. The summed E-state index contributed by atoms with van der Waals surface area (Å²) in [5.74, 6) is -2.26. The molecule has 0 radical (unpaired) electrons. The molecule has 0 saturated heterocycles. The quantitative estimate of drug-likeness (QED) is 0.867. The summed E-state index contributed by atoms with van der Waals surface area (Å²) in [5.41, 5.74) is -0.669. The molecule has 0 aliphatic rings. The first-order valence-electron chi connectivity index (χ1n) is 6.91. The maximum Gasteiger partial charge on any atom is 0.320 e. The number of carbonyl (C=O) groups excluding carboxylic acids is 1. The first-order chi connectivity index (χ1) is 10.9. The Morgan fingerprint density at radius 1 is 1.39 bits per heavy atom. The van der Waals surface area contributed by atoms with Gasteiger partial charge < -0.3 is 15.4 Å². The lowest BCUT2D eigenvalue weighted by molar-refractivity contribution is 0.237. The van der Waals surface area contributed by atoms with Gasteiger partial charge in [-0.1, -0.05) is 6.92 Å². The minimum Gasteiger partial charge on any atom is -0.491 e. The van der Waals surface area contributed by atoms with E-state index in [0.717, 1.165) is 17.1 Å². The van der Waals surface area contributed by atoms with Gasteiger partial charge in [-0.3, -0.25) is 0 Å². The standard InChI is InChI=1S/C15H17F2N3O2S/c1-4-15(2,13-18-5-6-23-13)20-14(21)19-9-7-10(16)12(22-3)11(17)8-9/h5-8H,4H2,1-3H3,(H2,19,20,21)/t15-/m0/s1. The molecule has 23 heavy (non-hydrogen) atoms. The summed E-state index contributed by atoms with van der Waals surface area (Å²) < 4.78 is 31.9. The van der Waals surface area contributed by atoms with Crippen molar-refractivity contribution >= 4 is 23.1 Å². The zero-order valence-corrected chi connectivity index (χ0v) is 13.8. The molecule has 1 atom stereocenters. The van der Waals surface area contributed by atoms with Crippen molar-refractivity contribution in [3.05, 3.63) is 40.4 Å². The van der Waals surface area contributed by atoms with E-state index in [-0.39, 0.29) is 5.69 Å². The molecule has 0 bridgehead atoms. The summed E-state index contributed by atoms with van der Waals surface area (Å²) in [6, 6.07) is 1.41. The van der Waals surface area contributed by atoms with Gasteiger partial charge in [0.15, 0.2) is 17.4 Å². The molecule has 0 saturated carbocycles. The Hall–Kier alpha value is -2.22. The maximum atomic E-state index is 13.6. The van der Waals surface area contributed by atoms with Crippen LogP contribution in [0.2, 0.25) is 0 Å². The van der Waals surface area contributed by atoms with Gasteiger partial charge in [-0.05, 0) is 13.3 Å². The van der Waals surface area contributed by atoms with E-state index in [1.165, 1.54) is 18.4 Å². The van der Waals surface area contributed by atoms with Crippen molar-refractivity contribution in [2.75, 3.05) is 12.4 Å². The molecular weight excluding hydrogens is 324 g/mol. The highest BCUT2D eigenvalue weighted by Crippen LogP contribution is 2.27. The highest BCUT2D eigenvalue weighted by atomic mass is 32.1. The van der Waals surface area contributed by atoms with Gasteiger partial charge in [0.25, 0.3) is 0 Å². The minimum absolute atomic E-state index is 0.00380. The molecule has 5 nitrogen and oxygen atoms in total. The largest absolute Gasteiger partial charge is 0.491 e. The number of anilines is 1. The Labute approximate surface area is 136 Å². The van der Waals surface area contributed by atoms with Crippen molar-refractivity contribution in [2.24, 2.45) is 0 Å². The highest BCUT2D eigenvalue weighted by molar-refractivity contribution is 7.09. The second-order valence-electron chi connectivity index (χ2n) is 5.08. The van der Waals surface area contributed by atoms with Gasteiger partial charge in [0.05, 0.1) is 12.6 Å². The van der Waals surface area contributed by atoms with Crippen LogP contribution in [-0.2, 0) is 5.54 Å². The average Bonchev–Trinajstić information content (AvgIpc) is 3.01. The first kappa shape index (κ1) is 17.1. The minimum atomic E-state index is -0.888. The molecule has 0 aliphatic heterocycles. The molecule has 2 N–H and O–H groups in total. The first-order valence-corrected chi connectivity index (χ1v) is 7.79. The SMILES string of the molecule is CC[C@](C)(NC(=O)Nc1cc(F)c(OC)c(F)c1)c1nccs1. The summed E-state index contributed by atoms with van der Waals surface area (Å²) in [7, 11) is 1.17. The molecule has 1 aromatic heterocycles. The van der Waals surface area contributed by atoms with Crippen molar-refractivity contribution < 1.29 is 18.3 Å². The van der Waals surface area contributed by atoms with Gasteiger partial charge in [-0.2, -0.15) is 0 Å². The monoisotopic (exact) mass is 341 g/mol. The van der Waals surface area contributed by atoms with Crippen LogP contribution in [0.3, 0.4) is 0 Å². The van der Waals surface area contributed by atoms with Crippen molar-refractivity contribution in [3.8, 4) is 5.75 Å². The van der Waals surface area contributed by atoms with Crippen LogP contribution in [0.15, 0.2) is 23.7 Å². The van der Waals surface area contributed by atoms with Crippen LogP contribution in [0.25, 0.3) is 0 Å². The van der Waals surface area contributed by atoms with Crippen molar-refractivity contribution in [1.82, 2.24) is 10.3 Å². The van der Waals surface area contributed by atoms with E-state index in [2.05, 4.69) is 20.4 Å². The number of halogens is 2. The number of amides is 2. The molecule has 8 heteroatoms. The lowest BCUT2D eigenvalue weighted by Crippen LogP contribution is -2.45. The van der Waals surface area contributed by atoms with E-state index >= 15 is 0 Å². The van der Waals surface area contributed by atoms with Crippen molar-refractivity contribution in [3.63, 3.8) is 0 Å². The van der Waals surface area contributed by atoms with Crippen LogP contribution in [0.4, 0.5) is 19.3 Å². The number of nitrogens with one attached hydrogen (secondary N) is 2. The molecule has 0 spiro atoms. The number of aromatic nitrogens is 1. The predicted molar refractivity (Wildman–Crippen MR) is 84.8 cm³/mol. The van der Waals surface area contributed by atoms with E-state index in [9.17, 15) is 13.6 Å². The van der Waals surface area contributed by atoms with Gasteiger partial charge in [0.1, 0.15) is 5.01 Å². The van der Waals surface area contributed by atoms with Crippen LogP contribution in [-0.4, -0.2) is 18.1 Å². The zero-order chi connectivity index (χ0) is 17.0. The number of ether oxygens (including phenoxy) is 1. The van der Waals surface area contributed by atoms with Gasteiger partial charge in [-0.15, -0.1) is 11.3 Å². The topological polar surface area (TPSA) is 63.2 Å². The number of rotatable bonds is 5. The normalized spacial score (nSPS) is 13.3. The number of thiazole rings is 1. The third-order valence-electron chi connectivity index (χ3n) is 3.46. The van der Waals surface area contributed by atoms with Gasteiger partial charge in [-0.25, -0.2) is 18.6 Å². The summed E-state index contributed by atoms with van der Waals surface area (Å²) in [5, 5.41) is 7.77. The van der Waals surface area contributed by atoms with E-state index in [0.29, 0.717) is 6.42 Å². The Kier molecular flexibility index (Phi) is 5.15. The fraction of sp³-hybridized carbons (Fsp3) is 0.333.